The maximum absolute atomic E-state index is 6.06. The first-order chi connectivity index (χ1) is 8.65. The monoisotopic (exact) mass is 265 g/mol. The zero-order chi connectivity index (χ0) is 12.7. The number of halogens is 1. The molecule has 0 radical (unpaired) electrons. The molecule has 1 saturated heterocycles. The second-order valence-electron chi connectivity index (χ2n) is 5.74. The SMILES string of the molecule is Cc1nc(Cl)cc(N2CC(C)C3CCCCC32)n1. The van der Waals surface area contributed by atoms with Gasteiger partial charge >= 0.3 is 0 Å². The Bertz CT molecular complexity index is 428. The van der Waals surface area contributed by atoms with E-state index in [-0.39, 0.29) is 0 Å². The van der Waals surface area contributed by atoms with E-state index in [2.05, 4.69) is 21.8 Å². The molecule has 0 spiro atoms. The number of aromatic nitrogens is 2. The summed E-state index contributed by atoms with van der Waals surface area (Å²) in [7, 11) is 0. The van der Waals surface area contributed by atoms with Gasteiger partial charge in [-0.3, -0.25) is 0 Å². The van der Waals surface area contributed by atoms with Crippen molar-refractivity contribution in [3.8, 4) is 0 Å². The number of hydrogen-bond donors (Lipinski definition) is 0. The van der Waals surface area contributed by atoms with E-state index in [9.17, 15) is 0 Å². The molecule has 3 atom stereocenters. The number of anilines is 1. The standard InChI is InChI=1S/C14H20ClN3/c1-9-8-18(12-6-4-3-5-11(9)12)14-7-13(15)16-10(2)17-14/h7,9,11-12H,3-6,8H2,1-2H3. The molecule has 1 aliphatic carbocycles. The van der Waals surface area contributed by atoms with Gasteiger partial charge in [0.05, 0.1) is 0 Å². The van der Waals surface area contributed by atoms with Crippen molar-refractivity contribution in [3.63, 3.8) is 0 Å². The molecular formula is C14H20ClN3. The number of nitrogens with zero attached hydrogens (tertiary/aromatic N) is 3. The molecule has 1 aromatic heterocycles. The van der Waals surface area contributed by atoms with Crippen LogP contribution >= 0.6 is 11.6 Å². The highest BCUT2D eigenvalue weighted by atomic mass is 35.5. The van der Waals surface area contributed by atoms with Crippen molar-refractivity contribution in [2.75, 3.05) is 11.4 Å². The van der Waals surface area contributed by atoms with E-state index in [0.717, 1.165) is 30.0 Å². The fourth-order valence-electron chi connectivity index (χ4n) is 3.70. The van der Waals surface area contributed by atoms with Crippen LogP contribution in [0.1, 0.15) is 38.4 Å². The van der Waals surface area contributed by atoms with Gasteiger partial charge in [-0.25, -0.2) is 9.97 Å². The average Bonchev–Trinajstić information content (AvgIpc) is 2.66. The van der Waals surface area contributed by atoms with Crippen LogP contribution in [0.25, 0.3) is 0 Å². The smallest absolute Gasteiger partial charge is 0.134 e. The third kappa shape index (κ3) is 2.09. The Labute approximate surface area is 114 Å². The molecule has 2 heterocycles. The Morgan fingerprint density at radius 3 is 2.83 bits per heavy atom. The summed E-state index contributed by atoms with van der Waals surface area (Å²) in [5.74, 6) is 3.40. The highest BCUT2D eigenvalue weighted by molar-refractivity contribution is 6.29. The zero-order valence-corrected chi connectivity index (χ0v) is 11.8. The molecule has 98 valence electrons. The van der Waals surface area contributed by atoms with E-state index in [0.29, 0.717) is 11.2 Å². The third-order valence-electron chi connectivity index (χ3n) is 4.48. The normalized spacial score (nSPS) is 31.5. The summed E-state index contributed by atoms with van der Waals surface area (Å²) in [6.45, 7) is 5.40. The lowest BCUT2D eigenvalue weighted by molar-refractivity contribution is 0.293. The van der Waals surface area contributed by atoms with E-state index >= 15 is 0 Å². The maximum atomic E-state index is 6.06. The van der Waals surface area contributed by atoms with Crippen molar-refractivity contribution < 1.29 is 0 Å². The fraction of sp³-hybridized carbons (Fsp3) is 0.714. The van der Waals surface area contributed by atoms with Crippen molar-refractivity contribution in [1.29, 1.82) is 0 Å². The molecule has 3 rings (SSSR count). The molecule has 4 heteroatoms. The van der Waals surface area contributed by atoms with Gasteiger partial charge in [0, 0.05) is 18.7 Å². The molecule has 0 amide bonds. The predicted molar refractivity (Wildman–Crippen MR) is 74.0 cm³/mol. The number of rotatable bonds is 1. The van der Waals surface area contributed by atoms with Crippen LogP contribution in [-0.4, -0.2) is 22.6 Å². The summed E-state index contributed by atoms with van der Waals surface area (Å²) in [5, 5.41) is 0.560. The molecule has 18 heavy (non-hydrogen) atoms. The lowest BCUT2D eigenvalue weighted by Crippen LogP contribution is -2.35. The van der Waals surface area contributed by atoms with Crippen LogP contribution in [0.4, 0.5) is 5.82 Å². The average molecular weight is 266 g/mol. The van der Waals surface area contributed by atoms with Crippen LogP contribution < -0.4 is 4.90 Å². The van der Waals surface area contributed by atoms with Crippen LogP contribution in [0, 0.1) is 18.8 Å². The fourth-order valence-corrected chi connectivity index (χ4v) is 3.92. The van der Waals surface area contributed by atoms with Crippen molar-refractivity contribution in [2.45, 2.75) is 45.6 Å². The minimum absolute atomic E-state index is 0.560. The Kier molecular flexibility index (Phi) is 3.18. The van der Waals surface area contributed by atoms with Gasteiger partial charge in [-0.2, -0.15) is 0 Å². The van der Waals surface area contributed by atoms with E-state index < -0.39 is 0 Å². The van der Waals surface area contributed by atoms with Gasteiger partial charge in [0.25, 0.3) is 0 Å². The van der Waals surface area contributed by atoms with Crippen molar-refractivity contribution in [2.24, 2.45) is 11.8 Å². The topological polar surface area (TPSA) is 29.0 Å². The number of fused-ring (bicyclic) bond motifs is 1. The third-order valence-corrected chi connectivity index (χ3v) is 4.68. The Morgan fingerprint density at radius 1 is 1.28 bits per heavy atom. The van der Waals surface area contributed by atoms with E-state index in [1.807, 2.05) is 13.0 Å². The predicted octanol–water partition coefficient (Wildman–Crippen LogP) is 3.45. The molecule has 0 aromatic carbocycles. The Hall–Kier alpha value is -0.830. The molecule has 1 aromatic rings. The molecule has 3 nitrogen and oxygen atoms in total. The minimum Gasteiger partial charge on any atom is -0.353 e. The Morgan fingerprint density at radius 2 is 2.06 bits per heavy atom. The zero-order valence-electron chi connectivity index (χ0n) is 11.1. The molecule has 2 fully saturated rings. The van der Waals surface area contributed by atoms with Crippen LogP contribution in [0.15, 0.2) is 6.07 Å². The summed E-state index contributed by atoms with van der Waals surface area (Å²) in [5.41, 5.74) is 0. The molecular weight excluding hydrogens is 246 g/mol. The van der Waals surface area contributed by atoms with Gasteiger partial charge in [-0.1, -0.05) is 31.4 Å². The second kappa shape index (κ2) is 4.69. The van der Waals surface area contributed by atoms with Crippen molar-refractivity contribution in [1.82, 2.24) is 9.97 Å². The number of hydrogen-bond acceptors (Lipinski definition) is 3. The van der Waals surface area contributed by atoms with E-state index in [4.69, 9.17) is 11.6 Å². The van der Waals surface area contributed by atoms with Crippen LogP contribution in [0.2, 0.25) is 5.15 Å². The largest absolute Gasteiger partial charge is 0.353 e. The van der Waals surface area contributed by atoms with Gasteiger partial charge in [0.2, 0.25) is 0 Å². The molecule has 0 bridgehead atoms. The summed E-state index contributed by atoms with van der Waals surface area (Å²) in [6, 6.07) is 2.58. The first-order valence-corrected chi connectivity index (χ1v) is 7.31. The van der Waals surface area contributed by atoms with Gasteiger partial charge in [0.15, 0.2) is 0 Å². The molecule has 1 saturated carbocycles. The van der Waals surface area contributed by atoms with Gasteiger partial charge < -0.3 is 4.90 Å². The maximum Gasteiger partial charge on any atom is 0.134 e. The highest BCUT2D eigenvalue weighted by Crippen LogP contribution is 2.41. The van der Waals surface area contributed by atoms with Crippen LogP contribution in [0.5, 0.6) is 0 Å². The summed E-state index contributed by atoms with van der Waals surface area (Å²) < 4.78 is 0. The van der Waals surface area contributed by atoms with E-state index in [1.54, 1.807) is 0 Å². The quantitative estimate of drug-likeness (QED) is 0.729. The second-order valence-corrected chi connectivity index (χ2v) is 6.13. The summed E-state index contributed by atoms with van der Waals surface area (Å²) in [4.78, 5) is 11.2. The van der Waals surface area contributed by atoms with Crippen LogP contribution in [-0.2, 0) is 0 Å². The van der Waals surface area contributed by atoms with Gasteiger partial charge in [-0.15, -0.1) is 0 Å². The first kappa shape index (κ1) is 12.2. The number of aryl methyl sites for hydroxylation is 1. The summed E-state index contributed by atoms with van der Waals surface area (Å²) in [6.07, 6.45) is 5.42. The van der Waals surface area contributed by atoms with Gasteiger partial charge in [-0.05, 0) is 31.6 Å². The molecule has 0 N–H and O–H groups in total. The summed E-state index contributed by atoms with van der Waals surface area (Å²) >= 11 is 6.06. The lowest BCUT2D eigenvalue weighted by Gasteiger charge is -2.32. The Balaban J connectivity index is 1.91. The lowest BCUT2D eigenvalue weighted by atomic mass is 9.80. The molecule has 1 aliphatic heterocycles. The van der Waals surface area contributed by atoms with Crippen molar-refractivity contribution >= 4 is 17.4 Å². The molecule has 2 aliphatic rings. The van der Waals surface area contributed by atoms with Crippen molar-refractivity contribution in [3.05, 3.63) is 17.0 Å². The van der Waals surface area contributed by atoms with Gasteiger partial charge in [0.1, 0.15) is 16.8 Å². The van der Waals surface area contributed by atoms with E-state index in [1.165, 1.54) is 25.7 Å². The first-order valence-electron chi connectivity index (χ1n) is 6.93. The minimum atomic E-state index is 0.560. The molecule has 3 unspecified atom stereocenters. The highest BCUT2D eigenvalue weighted by Gasteiger charge is 2.41. The van der Waals surface area contributed by atoms with Crippen LogP contribution in [0.3, 0.4) is 0 Å².